The molecule has 0 saturated carbocycles. The van der Waals surface area contributed by atoms with Crippen molar-refractivity contribution in [2.75, 3.05) is 0 Å². The van der Waals surface area contributed by atoms with E-state index >= 15 is 0 Å². The second-order valence-electron chi connectivity index (χ2n) is 1.15. The van der Waals surface area contributed by atoms with Crippen molar-refractivity contribution in [1.29, 1.82) is 0 Å². The van der Waals surface area contributed by atoms with Crippen LogP contribution in [0.25, 0.3) is 0 Å². The van der Waals surface area contributed by atoms with Gasteiger partial charge in [-0.3, -0.25) is 29.3 Å². The van der Waals surface area contributed by atoms with Crippen LogP contribution in [0.1, 0.15) is 0 Å². The Labute approximate surface area is 149 Å². The summed E-state index contributed by atoms with van der Waals surface area (Å²) in [5.74, 6) is 0. The molecule has 0 aliphatic heterocycles. The minimum atomic E-state index is -2.92. The molecule has 0 aromatic rings. The predicted molar refractivity (Wildman–Crippen MR) is 23.0 cm³/mol. The van der Waals surface area contributed by atoms with Crippen molar-refractivity contribution < 1.29 is 121 Å². The SMILES string of the molecule is [Ir].[Ir].[Ir].[O-]B([O-])[O-].[O-]B([O-])[O-].[O-]B([O-])[O-].[O-]B([O-])[O-]. The van der Waals surface area contributed by atoms with E-state index in [4.69, 9.17) is 60.3 Å². The first-order valence-corrected chi connectivity index (χ1v) is 2.83. The van der Waals surface area contributed by atoms with Crippen LogP contribution in [0.15, 0.2) is 0 Å². The van der Waals surface area contributed by atoms with Gasteiger partial charge < -0.3 is 60.3 Å². The van der Waals surface area contributed by atoms with Crippen LogP contribution in [0, 0.1) is 0 Å². The van der Waals surface area contributed by atoms with E-state index in [1.54, 1.807) is 0 Å². The van der Waals surface area contributed by atoms with Crippen molar-refractivity contribution in [3.05, 3.63) is 0 Å². The largest absolute Gasteiger partial charge is 0.907 e. The molecule has 0 aliphatic rings. The Bertz CT molecular complexity index is 68.0. The number of hydrogen-bond acceptors (Lipinski definition) is 12. The smallest absolute Gasteiger partial charge is 0 e. The average Bonchev–Trinajstić information content (AvgIpc) is 1.76. The van der Waals surface area contributed by atoms with Crippen LogP contribution >= 0.6 is 0 Å². The van der Waals surface area contributed by atoms with E-state index in [0.29, 0.717) is 0 Å². The number of hydrogen-bond donors (Lipinski definition) is 0. The normalized spacial score (nSPS) is 5.68. The molecule has 3 radical (unpaired) electrons. The topological polar surface area (TPSA) is 277 Å². The van der Waals surface area contributed by atoms with Gasteiger partial charge in [-0.2, -0.15) is 0 Å². The zero-order chi connectivity index (χ0) is 14.3. The van der Waals surface area contributed by atoms with Crippen LogP contribution in [0.4, 0.5) is 0 Å². The third-order valence-electron chi connectivity index (χ3n) is 0. The monoisotopic (exact) mass is 815 g/mol. The van der Waals surface area contributed by atoms with E-state index in [0.717, 1.165) is 0 Å². The summed E-state index contributed by atoms with van der Waals surface area (Å²) in [7, 11) is -11.7. The fraction of sp³-hybridized carbons (Fsp3) is 0. The maximum absolute atomic E-state index is 8.42. The van der Waals surface area contributed by atoms with Gasteiger partial charge in [0.1, 0.15) is 0 Å². The van der Waals surface area contributed by atoms with Gasteiger partial charge in [-0.15, -0.1) is 0 Å². The Morgan fingerprint density at radius 1 is 0.263 bits per heavy atom. The van der Waals surface area contributed by atoms with Crippen LogP contribution in [-0.4, -0.2) is 29.3 Å². The molecule has 0 fully saturated rings. The Balaban J connectivity index is -0.0000000192. The van der Waals surface area contributed by atoms with Gasteiger partial charge in [-0.05, 0) is 0 Å². The molecule has 0 atom stereocenters. The third kappa shape index (κ3) is 2080. The molecule has 0 aromatic heterocycles. The Kier molecular flexibility index (Phi) is 82.7. The standard InChI is InChI=1S/4BO3.3Ir/c4*2-1(3)4;;;/q4*-3;;;. The molecule has 0 N–H and O–H groups in total. The molecule has 19 heteroatoms. The Morgan fingerprint density at radius 2 is 0.263 bits per heavy atom. The first kappa shape index (κ1) is 42.8. The Hall–Kier alpha value is 1.73. The van der Waals surface area contributed by atoms with Gasteiger partial charge in [0.15, 0.2) is 0 Å². The van der Waals surface area contributed by atoms with Crippen LogP contribution in [0.5, 0.6) is 0 Å². The number of rotatable bonds is 0. The molecule has 0 amide bonds. The maximum Gasteiger partial charge on any atom is 0 e. The molecule has 123 valence electrons. The van der Waals surface area contributed by atoms with E-state index in [-0.39, 0.29) is 60.3 Å². The van der Waals surface area contributed by atoms with Crippen LogP contribution in [-0.2, 0) is 60.3 Å². The molecule has 0 unspecified atom stereocenters. The zero-order valence-corrected chi connectivity index (χ0v) is 15.4. The quantitative estimate of drug-likeness (QED) is 0.206. The van der Waals surface area contributed by atoms with E-state index in [1.165, 1.54) is 0 Å². The molecular weight excluding hydrogens is 812 g/mol. The third-order valence-corrected chi connectivity index (χ3v) is 0. The molecule has 0 aromatic carbocycles. The van der Waals surface area contributed by atoms with Crippen LogP contribution in [0.2, 0.25) is 0 Å². The van der Waals surface area contributed by atoms with Crippen molar-refractivity contribution in [3.63, 3.8) is 0 Å². The zero-order valence-electron chi connectivity index (χ0n) is 8.21. The van der Waals surface area contributed by atoms with Crippen LogP contribution < -0.4 is 60.3 Å². The van der Waals surface area contributed by atoms with Crippen molar-refractivity contribution in [2.24, 2.45) is 0 Å². The minimum absolute atomic E-state index is 0. The molecule has 0 aliphatic carbocycles. The van der Waals surface area contributed by atoms with Crippen molar-refractivity contribution >= 4 is 29.3 Å². The average molecular weight is 812 g/mol. The molecule has 0 spiro atoms. The summed E-state index contributed by atoms with van der Waals surface area (Å²) >= 11 is 0. The summed E-state index contributed by atoms with van der Waals surface area (Å²) in [6.45, 7) is 0. The molecule has 12 nitrogen and oxygen atoms in total. The van der Waals surface area contributed by atoms with Crippen molar-refractivity contribution in [3.8, 4) is 0 Å². The van der Waals surface area contributed by atoms with Gasteiger partial charge in [0.25, 0.3) is 0 Å². The van der Waals surface area contributed by atoms with Crippen molar-refractivity contribution in [1.82, 2.24) is 0 Å². The van der Waals surface area contributed by atoms with Crippen LogP contribution in [0.3, 0.4) is 0 Å². The summed E-state index contributed by atoms with van der Waals surface area (Å²) in [5.41, 5.74) is 0. The van der Waals surface area contributed by atoms with E-state index in [9.17, 15) is 0 Å². The predicted octanol–water partition coefficient (Wildman–Crippen LogP) is -15.8. The Morgan fingerprint density at radius 3 is 0.263 bits per heavy atom. The fourth-order valence-electron chi connectivity index (χ4n) is 0. The molecule has 0 saturated heterocycles. The van der Waals surface area contributed by atoms with Gasteiger partial charge in [-0.25, -0.2) is 0 Å². The van der Waals surface area contributed by atoms with Gasteiger partial charge in [-0.1, -0.05) is 0 Å². The molecular formula is B4Ir3O12-12. The molecule has 0 bridgehead atoms. The van der Waals surface area contributed by atoms with Gasteiger partial charge >= 0.3 is 0 Å². The van der Waals surface area contributed by atoms with E-state index in [1.807, 2.05) is 0 Å². The van der Waals surface area contributed by atoms with Gasteiger partial charge in [0.05, 0.1) is 0 Å². The van der Waals surface area contributed by atoms with E-state index < -0.39 is 29.3 Å². The fourth-order valence-corrected chi connectivity index (χ4v) is 0. The van der Waals surface area contributed by atoms with E-state index in [2.05, 4.69) is 0 Å². The minimum Gasteiger partial charge on any atom is -0.907 e. The molecule has 0 heterocycles. The second kappa shape index (κ2) is 36.7. The summed E-state index contributed by atoms with van der Waals surface area (Å²) in [6, 6.07) is 0. The first-order valence-electron chi connectivity index (χ1n) is 2.83. The summed E-state index contributed by atoms with van der Waals surface area (Å²) < 4.78 is 0. The summed E-state index contributed by atoms with van der Waals surface area (Å²) in [4.78, 5) is 0. The first-order chi connectivity index (χ1) is 6.93. The second-order valence-corrected chi connectivity index (χ2v) is 1.15. The molecule has 19 heavy (non-hydrogen) atoms. The summed E-state index contributed by atoms with van der Waals surface area (Å²) in [6.07, 6.45) is 0. The van der Waals surface area contributed by atoms with Gasteiger partial charge in [0.2, 0.25) is 0 Å². The van der Waals surface area contributed by atoms with Gasteiger partial charge in [0, 0.05) is 60.3 Å². The molecule has 0 rings (SSSR count). The van der Waals surface area contributed by atoms with Crippen molar-refractivity contribution in [2.45, 2.75) is 0 Å². The maximum atomic E-state index is 8.42. The summed E-state index contributed by atoms with van der Waals surface area (Å²) in [5, 5.41) is 101.